The van der Waals surface area contributed by atoms with Crippen molar-refractivity contribution in [2.75, 3.05) is 19.5 Å². The minimum atomic E-state index is -0.798. The normalized spacial score (nSPS) is 11.9. The zero-order valence-corrected chi connectivity index (χ0v) is 22.2. The molecular formula is C26H27ClN2O6S. The Labute approximate surface area is 218 Å². The van der Waals surface area contributed by atoms with E-state index < -0.39 is 23.6 Å². The maximum atomic E-state index is 13.7. The van der Waals surface area contributed by atoms with E-state index in [0.29, 0.717) is 28.3 Å². The number of nitrogens with zero attached hydrogens (tertiary/aromatic N) is 1. The van der Waals surface area contributed by atoms with Crippen LogP contribution in [-0.4, -0.2) is 42.7 Å². The molecule has 3 rings (SSSR count). The van der Waals surface area contributed by atoms with E-state index in [0.717, 1.165) is 0 Å². The van der Waals surface area contributed by atoms with E-state index in [4.69, 9.17) is 25.8 Å². The van der Waals surface area contributed by atoms with Crippen LogP contribution in [0.2, 0.25) is 5.02 Å². The predicted molar refractivity (Wildman–Crippen MR) is 139 cm³/mol. The van der Waals surface area contributed by atoms with Crippen LogP contribution in [0.1, 0.15) is 58.8 Å². The number of hydrogen-bond acceptors (Lipinski definition) is 8. The van der Waals surface area contributed by atoms with Crippen LogP contribution < -0.4 is 10.1 Å². The van der Waals surface area contributed by atoms with Gasteiger partial charge in [0.1, 0.15) is 17.0 Å². The Kier molecular flexibility index (Phi) is 8.70. The molecule has 0 aliphatic carbocycles. The fourth-order valence-corrected chi connectivity index (χ4v) is 4.40. The van der Waals surface area contributed by atoms with Crippen molar-refractivity contribution in [3.8, 4) is 5.75 Å². The average Bonchev–Trinajstić information content (AvgIpc) is 3.36. The molecule has 8 nitrogen and oxygen atoms in total. The molecule has 36 heavy (non-hydrogen) atoms. The number of esters is 1. The van der Waals surface area contributed by atoms with Crippen LogP contribution in [0.25, 0.3) is 0 Å². The van der Waals surface area contributed by atoms with E-state index in [9.17, 15) is 14.4 Å². The molecule has 0 saturated heterocycles. The number of thiophene rings is 1. The number of carbonyl (C=O) groups is 3. The molecule has 0 aliphatic heterocycles. The lowest BCUT2D eigenvalue weighted by Gasteiger charge is -2.23. The number of Topliss-reactive ketones (excluding diaryl/α,β-unsaturated/α-hetero) is 1. The first-order chi connectivity index (χ1) is 17.0. The van der Waals surface area contributed by atoms with E-state index in [1.807, 2.05) is 0 Å². The van der Waals surface area contributed by atoms with Gasteiger partial charge in [-0.2, -0.15) is 11.3 Å². The summed E-state index contributed by atoms with van der Waals surface area (Å²) in [5, 5.41) is 6.55. The Hall–Kier alpha value is -3.43. The summed E-state index contributed by atoms with van der Waals surface area (Å²) >= 11 is 7.84. The molecular weight excluding hydrogens is 504 g/mol. The number of aromatic nitrogens is 1. The van der Waals surface area contributed by atoms with Gasteiger partial charge in [-0.15, -0.1) is 0 Å². The number of carbonyl (C=O) groups excluding carboxylic acids is 3. The van der Waals surface area contributed by atoms with Gasteiger partial charge in [0.05, 0.1) is 30.8 Å². The maximum absolute atomic E-state index is 13.7. The highest BCUT2D eigenvalue weighted by Gasteiger charge is 2.29. The summed E-state index contributed by atoms with van der Waals surface area (Å²) in [6.45, 7) is 5.25. The Morgan fingerprint density at radius 3 is 2.50 bits per heavy atom. The lowest BCUT2D eigenvalue weighted by Crippen LogP contribution is -2.28. The second-order valence-electron chi connectivity index (χ2n) is 8.84. The number of benzene rings is 1. The monoisotopic (exact) mass is 530 g/mol. The van der Waals surface area contributed by atoms with Crippen molar-refractivity contribution >= 4 is 46.5 Å². The quantitative estimate of drug-likeness (QED) is 0.275. The fraction of sp³-hybridized carbons (Fsp3) is 0.308. The molecule has 1 aromatic carbocycles. The van der Waals surface area contributed by atoms with Gasteiger partial charge in [0.2, 0.25) is 0 Å². The summed E-state index contributed by atoms with van der Waals surface area (Å²) in [6, 6.07) is 9.78. The molecule has 1 N–H and O–H groups in total. The third-order valence-corrected chi connectivity index (χ3v) is 6.05. The van der Waals surface area contributed by atoms with Crippen LogP contribution in [-0.2, 0) is 15.9 Å². The first kappa shape index (κ1) is 27.2. The van der Waals surface area contributed by atoms with Crippen molar-refractivity contribution in [2.24, 2.45) is 0 Å². The van der Waals surface area contributed by atoms with Crippen LogP contribution >= 0.6 is 22.9 Å². The van der Waals surface area contributed by atoms with Crippen LogP contribution in [0, 0.1) is 0 Å². The maximum Gasteiger partial charge on any atom is 0.412 e. The van der Waals surface area contributed by atoms with Crippen molar-refractivity contribution in [3.05, 3.63) is 74.7 Å². The Bertz CT molecular complexity index is 1250. The summed E-state index contributed by atoms with van der Waals surface area (Å²) in [6.07, 6.45) is -0.564. The van der Waals surface area contributed by atoms with E-state index in [1.165, 1.54) is 31.6 Å². The van der Waals surface area contributed by atoms with Gasteiger partial charge in [-0.25, -0.2) is 14.6 Å². The van der Waals surface area contributed by atoms with Crippen LogP contribution in [0.3, 0.4) is 0 Å². The van der Waals surface area contributed by atoms with Gasteiger partial charge in [-0.1, -0.05) is 17.7 Å². The largest absolute Gasteiger partial charge is 0.495 e. The number of amides is 1. The molecule has 0 radical (unpaired) electrons. The third-order valence-electron chi connectivity index (χ3n) is 5.07. The Morgan fingerprint density at radius 1 is 1.14 bits per heavy atom. The van der Waals surface area contributed by atoms with E-state index in [2.05, 4.69) is 10.3 Å². The van der Waals surface area contributed by atoms with Gasteiger partial charge >= 0.3 is 12.1 Å². The molecule has 0 aliphatic rings. The van der Waals surface area contributed by atoms with Crippen molar-refractivity contribution in [2.45, 2.75) is 38.7 Å². The molecule has 10 heteroatoms. The van der Waals surface area contributed by atoms with Gasteiger partial charge in [-0.05, 0) is 56.0 Å². The average molecular weight is 531 g/mol. The first-order valence-electron chi connectivity index (χ1n) is 11.0. The lowest BCUT2D eigenvalue weighted by atomic mass is 9.86. The van der Waals surface area contributed by atoms with Crippen LogP contribution in [0.4, 0.5) is 10.5 Å². The van der Waals surface area contributed by atoms with E-state index in [-0.39, 0.29) is 22.9 Å². The highest BCUT2D eigenvalue weighted by atomic mass is 35.5. The molecule has 1 amide bonds. The summed E-state index contributed by atoms with van der Waals surface area (Å²) < 4.78 is 15.5. The smallest absolute Gasteiger partial charge is 0.412 e. The molecule has 0 fully saturated rings. The number of ether oxygens (including phenoxy) is 3. The van der Waals surface area contributed by atoms with Crippen LogP contribution in [0.5, 0.6) is 5.75 Å². The van der Waals surface area contributed by atoms with Crippen molar-refractivity contribution in [3.63, 3.8) is 0 Å². The second-order valence-corrected chi connectivity index (χ2v) is 10.0. The number of nitrogens with one attached hydrogen (secondary N) is 1. The zero-order chi connectivity index (χ0) is 26.5. The Balaban J connectivity index is 2.11. The number of methoxy groups -OCH3 is 2. The number of halogens is 1. The van der Waals surface area contributed by atoms with Crippen molar-refractivity contribution in [1.82, 2.24) is 4.98 Å². The van der Waals surface area contributed by atoms with Gasteiger partial charge in [-0.3, -0.25) is 10.1 Å². The fourth-order valence-electron chi connectivity index (χ4n) is 3.51. The third kappa shape index (κ3) is 6.83. The van der Waals surface area contributed by atoms with E-state index in [1.54, 1.807) is 61.9 Å². The molecule has 190 valence electrons. The highest BCUT2D eigenvalue weighted by molar-refractivity contribution is 7.08. The molecule has 0 saturated carbocycles. The molecule has 3 aromatic rings. The van der Waals surface area contributed by atoms with Gasteiger partial charge in [0.15, 0.2) is 5.78 Å². The van der Waals surface area contributed by atoms with Crippen molar-refractivity contribution in [1.29, 1.82) is 0 Å². The summed E-state index contributed by atoms with van der Waals surface area (Å²) in [4.78, 5) is 42.7. The van der Waals surface area contributed by atoms with E-state index >= 15 is 0 Å². The molecule has 1 atom stereocenters. The molecule has 0 bridgehead atoms. The van der Waals surface area contributed by atoms with Crippen molar-refractivity contribution < 1.29 is 28.6 Å². The predicted octanol–water partition coefficient (Wildman–Crippen LogP) is 6.15. The Morgan fingerprint density at radius 2 is 1.89 bits per heavy atom. The minimum absolute atomic E-state index is 0.122. The highest BCUT2D eigenvalue weighted by Crippen LogP contribution is 2.38. The molecule has 2 aromatic heterocycles. The number of hydrogen-bond donors (Lipinski definition) is 1. The van der Waals surface area contributed by atoms with Gasteiger partial charge in [0.25, 0.3) is 0 Å². The zero-order valence-electron chi connectivity index (χ0n) is 20.6. The number of anilines is 1. The molecule has 0 spiro atoms. The standard InChI is InChI=1S/C26H27ClN2O6S/c1-26(2,3)35-25(32)29-21-13-22(33-4)19(27)12-17(21)18(23(30)15-9-10-36-14-15)11-16-7-6-8-20(28-16)24(31)34-5/h6-10,12-14,18H,11H2,1-5H3,(H,29,32). The summed E-state index contributed by atoms with van der Waals surface area (Å²) in [5.41, 5.74) is 1.14. The topological polar surface area (TPSA) is 104 Å². The summed E-state index contributed by atoms with van der Waals surface area (Å²) in [7, 11) is 2.72. The number of pyridine rings is 1. The second kappa shape index (κ2) is 11.5. The first-order valence-corrected chi connectivity index (χ1v) is 12.3. The van der Waals surface area contributed by atoms with Gasteiger partial charge < -0.3 is 14.2 Å². The molecule has 2 heterocycles. The van der Waals surface area contributed by atoms with Crippen LogP contribution in [0.15, 0.2) is 47.2 Å². The lowest BCUT2D eigenvalue weighted by molar-refractivity contribution is 0.0591. The molecule has 1 unspecified atom stereocenters. The number of rotatable bonds is 8. The SMILES string of the molecule is COC(=O)c1cccc(CC(C(=O)c2ccsc2)c2cc(Cl)c(OC)cc2NC(=O)OC(C)(C)C)n1. The van der Waals surface area contributed by atoms with Gasteiger partial charge in [0, 0.05) is 29.1 Å². The number of ketones is 1. The minimum Gasteiger partial charge on any atom is -0.495 e. The summed E-state index contributed by atoms with van der Waals surface area (Å²) in [5.74, 6) is -1.26.